The van der Waals surface area contributed by atoms with Crippen molar-refractivity contribution in [2.45, 2.75) is 32.4 Å². The van der Waals surface area contributed by atoms with Crippen LogP contribution in [0.4, 0.5) is 20.4 Å². The van der Waals surface area contributed by atoms with Crippen LogP contribution >= 0.6 is 0 Å². The molecule has 0 unspecified atom stereocenters. The normalized spacial score (nSPS) is 15.8. The summed E-state index contributed by atoms with van der Waals surface area (Å²) in [6.07, 6.45) is 16.7. The minimum Gasteiger partial charge on any atom is -0.476 e. The van der Waals surface area contributed by atoms with Crippen molar-refractivity contribution in [3.63, 3.8) is 0 Å². The summed E-state index contributed by atoms with van der Waals surface area (Å²) in [6.45, 7) is 3.45. The first kappa shape index (κ1) is 40.8. The molecule has 0 aliphatic carbocycles. The van der Waals surface area contributed by atoms with Gasteiger partial charge in [0.2, 0.25) is 0 Å². The molecule has 2 saturated heterocycles. The number of carbonyl (C=O) groups is 2. The molecule has 10 rings (SSSR count). The van der Waals surface area contributed by atoms with E-state index in [9.17, 15) is 18.4 Å². The van der Waals surface area contributed by atoms with Crippen molar-refractivity contribution in [1.82, 2.24) is 43.6 Å². The van der Waals surface area contributed by atoms with Gasteiger partial charge in [-0.3, -0.25) is 4.79 Å². The summed E-state index contributed by atoms with van der Waals surface area (Å²) in [6, 6.07) is 23.1. The van der Waals surface area contributed by atoms with E-state index in [1.165, 1.54) is 53.3 Å². The van der Waals surface area contributed by atoms with Crippen molar-refractivity contribution in [1.29, 1.82) is 0 Å². The van der Waals surface area contributed by atoms with E-state index in [2.05, 4.69) is 45.7 Å². The van der Waals surface area contributed by atoms with Gasteiger partial charge in [0.15, 0.2) is 23.0 Å². The van der Waals surface area contributed by atoms with Gasteiger partial charge >= 0.3 is 5.97 Å². The Hall–Kier alpha value is -7.40. The molecular formula is C43H44F2N12O3. The number of carboxylic acids is 1. The first-order valence-corrected chi connectivity index (χ1v) is 18.9. The number of amides is 1. The lowest BCUT2D eigenvalue weighted by Gasteiger charge is -2.18. The van der Waals surface area contributed by atoms with Gasteiger partial charge in [-0.05, 0) is 97.8 Å². The van der Waals surface area contributed by atoms with E-state index in [0.29, 0.717) is 29.7 Å². The number of nitrogens with two attached hydrogens (primary N) is 1. The Morgan fingerprint density at radius 1 is 0.650 bits per heavy atom. The number of carboxylic acid groups (broad SMARTS) is 1. The molecule has 6 aromatic heterocycles. The summed E-state index contributed by atoms with van der Waals surface area (Å²) in [4.78, 5) is 36.6. The van der Waals surface area contributed by atoms with Crippen LogP contribution in [0.15, 0.2) is 135 Å². The Balaban J connectivity index is 0.000000148. The molecule has 0 spiro atoms. The van der Waals surface area contributed by atoms with E-state index in [4.69, 9.17) is 10.8 Å². The van der Waals surface area contributed by atoms with Crippen LogP contribution in [0.2, 0.25) is 0 Å². The van der Waals surface area contributed by atoms with E-state index >= 15 is 0 Å². The largest absolute Gasteiger partial charge is 0.476 e. The molecule has 2 fully saturated rings. The standard InChI is InChI=1S/C21H19FN6O.C11H14N4.C10H7FN2O2.CH4/c22-15-3-5-17(6-4-15)28-12-8-18(25-28)21(29)24-16-7-11-27(14-16)20-19-2-1-10-26(19)13-9-23-20;12-9-3-6-15(8-9)11-10-2-1-5-14(10)7-4-13-11;11-7-1-3-8(4-2-7)13-6-5-9(12-13)10(14)15;/h1-6,8-10,12-13,16H,7,11,14H2,(H,24,29);1-2,4-5,7,9H,3,6,8,12H2;1-6H,(H,14,15);1H4/t16-;9-;;/m00../s1. The lowest BCUT2D eigenvalue weighted by Crippen LogP contribution is -2.37. The molecule has 4 N–H and O–H groups in total. The monoisotopic (exact) mass is 814 g/mol. The van der Waals surface area contributed by atoms with Crippen LogP contribution in [-0.4, -0.2) is 93.6 Å². The van der Waals surface area contributed by atoms with Crippen LogP contribution in [-0.2, 0) is 0 Å². The minimum atomic E-state index is -1.09. The van der Waals surface area contributed by atoms with E-state index in [-0.39, 0.29) is 36.7 Å². The fourth-order valence-electron chi connectivity index (χ4n) is 7.07. The second kappa shape index (κ2) is 18.0. The summed E-state index contributed by atoms with van der Waals surface area (Å²) in [5, 5.41) is 19.8. The van der Waals surface area contributed by atoms with Crippen molar-refractivity contribution in [3.05, 3.63) is 158 Å². The molecule has 0 bridgehead atoms. The number of carbonyl (C=O) groups excluding carboxylic acids is 1. The quantitative estimate of drug-likeness (QED) is 0.177. The third-order valence-corrected chi connectivity index (χ3v) is 10.0. The molecule has 308 valence electrons. The molecule has 17 heteroatoms. The molecular weight excluding hydrogens is 771 g/mol. The van der Waals surface area contributed by atoms with E-state index in [1.54, 1.807) is 35.3 Å². The molecule has 8 aromatic rings. The summed E-state index contributed by atoms with van der Waals surface area (Å²) >= 11 is 0. The van der Waals surface area contributed by atoms with E-state index in [1.807, 2.05) is 53.6 Å². The van der Waals surface area contributed by atoms with Gasteiger partial charge in [0, 0.05) is 87.8 Å². The van der Waals surface area contributed by atoms with Gasteiger partial charge in [0.25, 0.3) is 5.91 Å². The number of rotatable bonds is 7. The molecule has 0 radical (unpaired) electrons. The zero-order valence-corrected chi connectivity index (χ0v) is 31.7. The number of halogens is 2. The van der Waals surface area contributed by atoms with Gasteiger partial charge in [0.05, 0.1) is 22.4 Å². The Bertz CT molecular complexity index is 2690. The maximum atomic E-state index is 13.1. The Labute approximate surface area is 343 Å². The van der Waals surface area contributed by atoms with Gasteiger partial charge in [0.1, 0.15) is 11.6 Å². The van der Waals surface area contributed by atoms with Gasteiger partial charge in [-0.1, -0.05) is 7.43 Å². The lowest BCUT2D eigenvalue weighted by molar-refractivity contribution is 0.0689. The number of benzene rings is 2. The fourth-order valence-corrected chi connectivity index (χ4v) is 7.07. The fraction of sp³-hybridized carbons (Fsp3) is 0.209. The first-order valence-electron chi connectivity index (χ1n) is 18.9. The van der Waals surface area contributed by atoms with Crippen molar-refractivity contribution in [3.8, 4) is 11.4 Å². The molecule has 1 amide bonds. The maximum Gasteiger partial charge on any atom is 0.356 e. The predicted octanol–water partition coefficient (Wildman–Crippen LogP) is 5.89. The van der Waals surface area contributed by atoms with Crippen molar-refractivity contribution < 1.29 is 23.5 Å². The van der Waals surface area contributed by atoms with Crippen molar-refractivity contribution >= 4 is 34.5 Å². The third kappa shape index (κ3) is 9.16. The highest BCUT2D eigenvalue weighted by Crippen LogP contribution is 2.24. The topological polar surface area (TPSA) is 169 Å². The number of fused-ring (bicyclic) bond motifs is 2. The predicted molar refractivity (Wildman–Crippen MR) is 224 cm³/mol. The zero-order chi connectivity index (χ0) is 40.9. The third-order valence-electron chi connectivity index (χ3n) is 10.0. The molecule has 2 atom stereocenters. The highest BCUT2D eigenvalue weighted by atomic mass is 19.1. The second-order valence-corrected chi connectivity index (χ2v) is 14.1. The molecule has 2 aromatic carbocycles. The Kier molecular flexibility index (Phi) is 12.3. The minimum absolute atomic E-state index is 0. The van der Waals surface area contributed by atoms with Crippen molar-refractivity contribution in [2.24, 2.45) is 5.73 Å². The number of anilines is 2. The molecule has 60 heavy (non-hydrogen) atoms. The number of aromatic carboxylic acids is 1. The summed E-state index contributed by atoms with van der Waals surface area (Å²) in [5.41, 5.74) is 9.72. The average molecular weight is 815 g/mol. The van der Waals surface area contributed by atoms with Crippen LogP contribution in [0.3, 0.4) is 0 Å². The van der Waals surface area contributed by atoms with Crippen LogP contribution in [0.5, 0.6) is 0 Å². The number of hydrogen-bond donors (Lipinski definition) is 3. The van der Waals surface area contributed by atoms with E-state index in [0.717, 1.165) is 55.1 Å². The Morgan fingerprint density at radius 3 is 1.65 bits per heavy atom. The summed E-state index contributed by atoms with van der Waals surface area (Å²) in [7, 11) is 0. The highest BCUT2D eigenvalue weighted by molar-refractivity contribution is 5.92. The van der Waals surface area contributed by atoms with Crippen LogP contribution in [0.25, 0.3) is 22.4 Å². The summed E-state index contributed by atoms with van der Waals surface area (Å²) in [5.74, 6) is 0.0204. The molecule has 2 aliphatic rings. The smallest absolute Gasteiger partial charge is 0.356 e. The highest BCUT2D eigenvalue weighted by Gasteiger charge is 2.27. The van der Waals surface area contributed by atoms with E-state index < -0.39 is 5.97 Å². The van der Waals surface area contributed by atoms with Gasteiger partial charge in [-0.25, -0.2) is 32.9 Å². The molecule has 0 saturated carbocycles. The average Bonchev–Trinajstić information content (AvgIpc) is 4.10. The maximum absolute atomic E-state index is 13.1. The molecule has 15 nitrogen and oxygen atoms in total. The summed E-state index contributed by atoms with van der Waals surface area (Å²) < 4.78 is 32.8. The van der Waals surface area contributed by atoms with Gasteiger partial charge < -0.3 is 34.8 Å². The zero-order valence-electron chi connectivity index (χ0n) is 31.7. The number of nitrogens with zero attached hydrogens (tertiary/aromatic N) is 10. The molecule has 8 heterocycles. The van der Waals surface area contributed by atoms with Gasteiger partial charge in [-0.15, -0.1) is 0 Å². The van der Waals surface area contributed by atoms with Crippen molar-refractivity contribution in [2.75, 3.05) is 36.0 Å². The SMILES string of the molecule is C.N[C@H]1CCN(c2nccn3cccc23)C1.O=C(N[C@H]1CCN(c2nccn3cccc23)C1)c1ccn(-c2ccc(F)cc2)n1.O=C(O)c1ccn(-c2ccc(F)cc2)n1. The first-order chi connectivity index (χ1) is 28.7. The van der Waals surface area contributed by atoms with Crippen LogP contribution in [0.1, 0.15) is 41.2 Å². The Morgan fingerprint density at radius 2 is 1.15 bits per heavy atom. The number of nitrogens with one attached hydrogen (secondary N) is 1. The van der Waals surface area contributed by atoms with Crippen LogP contribution in [0, 0.1) is 11.6 Å². The number of hydrogen-bond acceptors (Lipinski definition) is 9. The second-order valence-electron chi connectivity index (χ2n) is 14.1. The van der Waals surface area contributed by atoms with Gasteiger partial charge in [-0.2, -0.15) is 10.2 Å². The molecule has 2 aliphatic heterocycles. The number of aromatic nitrogens is 8. The lowest BCUT2D eigenvalue weighted by atomic mass is 10.2. The van der Waals surface area contributed by atoms with Crippen LogP contribution < -0.4 is 20.9 Å².